The number of amides is 2. The molecule has 1 atom stereocenters. The number of anilines is 1. The number of aromatic nitrogens is 3. The summed E-state index contributed by atoms with van der Waals surface area (Å²) in [6.45, 7) is 3.93. The average molecular weight is 626 g/mol. The Bertz CT molecular complexity index is 1580. The maximum atomic E-state index is 13.5. The molecule has 4 aromatic rings. The fourth-order valence-corrected chi connectivity index (χ4v) is 7.50. The number of rotatable bonds is 11. The molecule has 0 spiro atoms. The van der Waals surface area contributed by atoms with Gasteiger partial charge in [0.2, 0.25) is 5.91 Å². The van der Waals surface area contributed by atoms with Crippen molar-refractivity contribution in [2.45, 2.75) is 56.5 Å². The number of esters is 1. The van der Waals surface area contributed by atoms with Gasteiger partial charge in [-0.25, -0.2) is 4.79 Å². The number of thiophene rings is 2. The maximum Gasteiger partial charge on any atom is 0.341 e. The first-order chi connectivity index (χ1) is 20.4. The standard InChI is InChI=1S/C29H31N5O5S3/c1-4-39-28(37)24-18-10-5-8-13-21(18)42-27(24)31-25(35)17(2)41-29-33-32-23(16-30-26(36)22-14-9-15-40-22)34(29)19-11-6-7-12-20(19)38-3/h6-7,9,11-12,14-15,17H,4-5,8,10,13,16H2,1-3H3,(H,30,36)(H,31,35). The van der Waals surface area contributed by atoms with Crippen LogP contribution in [0.15, 0.2) is 46.9 Å². The molecule has 0 saturated heterocycles. The summed E-state index contributed by atoms with van der Waals surface area (Å²) in [7, 11) is 1.58. The largest absolute Gasteiger partial charge is 0.495 e. The number of para-hydroxylation sites is 2. The van der Waals surface area contributed by atoms with Gasteiger partial charge in [-0.2, -0.15) is 0 Å². The number of hydrogen-bond donors (Lipinski definition) is 2. The van der Waals surface area contributed by atoms with Crippen molar-refractivity contribution in [3.8, 4) is 11.4 Å². The Morgan fingerprint density at radius 3 is 2.69 bits per heavy atom. The number of carbonyl (C=O) groups excluding carboxylic acids is 3. The van der Waals surface area contributed by atoms with Gasteiger partial charge in [0.25, 0.3) is 5.91 Å². The first-order valence-electron chi connectivity index (χ1n) is 13.6. The molecule has 3 aromatic heterocycles. The molecule has 1 unspecified atom stereocenters. The molecule has 0 radical (unpaired) electrons. The van der Waals surface area contributed by atoms with Crippen molar-refractivity contribution in [1.82, 2.24) is 20.1 Å². The van der Waals surface area contributed by atoms with Gasteiger partial charge in [-0.3, -0.25) is 14.2 Å². The highest BCUT2D eigenvalue weighted by atomic mass is 32.2. The smallest absolute Gasteiger partial charge is 0.341 e. The molecular formula is C29H31N5O5S3. The second-order valence-electron chi connectivity index (χ2n) is 9.45. The zero-order valence-corrected chi connectivity index (χ0v) is 25.9. The third-order valence-corrected chi connectivity index (χ3v) is 9.84. The molecule has 42 heavy (non-hydrogen) atoms. The lowest BCUT2D eigenvalue weighted by Gasteiger charge is -2.16. The minimum Gasteiger partial charge on any atom is -0.495 e. The van der Waals surface area contributed by atoms with Crippen molar-refractivity contribution in [2.24, 2.45) is 0 Å². The van der Waals surface area contributed by atoms with Gasteiger partial charge < -0.3 is 20.1 Å². The van der Waals surface area contributed by atoms with Gasteiger partial charge in [-0.1, -0.05) is 30.0 Å². The van der Waals surface area contributed by atoms with Crippen molar-refractivity contribution in [2.75, 3.05) is 19.0 Å². The van der Waals surface area contributed by atoms with E-state index in [4.69, 9.17) is 9.47 Å². The second-order valence-corrected chi connectivity index (χ2v) is 12.8. The lowest BCUT2D eigenvalue weighted by atomic mass is 9.95. The quantitative estimate of drug-likeness (QED) is 0.165. The molecule has 0 saturated carbocycles. The summed E-state index contributed by atoms with van der Waals surface area (Å²) in [6.07, 6.45) is 3.75. The van der Waals surface area contributed by atoms with E-state index in [0.717, 1.165) is 36.1 Å². The van der Waals surface area contributed by atoms with Crippen LogP contribution in [0.5, 0.6) is 5.75 Å². The van der Waals surface area contributed by atoms with E-state index in [1.807, 2.05) is 35.7 Å². The Balaban J connectivity index is 1.39. The average Bonchev–Trinajstić information content (AvgIpc) is 3.75. The van der Waals surface area contributed by atoms with Crippen LogP contribution >= 0.6 is 34.4 Å². The summed E-state index contributed by atoms with van der Waals surface area (Å²) < 4.78 is 12.7. The molecule has 0 aliphatic heterocycles. The first kappa shape index (κ1) is 29.8. The molecule has 5 rings (SSSR count). The number of aryl methyl sites for hydroxylation is 1. The zero-order valence-electron chi connectivity index (χ0n) is 23.5. The molecule has 1 aliphatic rings. The minimum absolute atomic E-state index is 0.118. The molecule has 2 amide bonds. The Kier molecular flexibility index (Phi) is 9.60. The molecule has 13 heteroatoms. The number of benzene rings is 1. The number of nitrogens with zero attached hydrogens (tertiary/aromatic N) is 3. The van der Waals surface area contributed by atoms with Crippen LogP contribution in [0.25, 0.3) is 5.69 Å². The van der Waals surface area contributed by atoms with Crippen molar-refractivity contribution in [1.29, 1.82) is 0 Å². The molecule has 1 aromatic carbocycles. The number of hydrogen-bond acceptors (Lipinski definition) is 10. The number of nitrogens with one attached hydrogen (secondary N) is 2. The van der Waals surface area contributed by atoms with Gasteiger partial charge in [0, 0.05) is 4.88 Å². The maximum absolute atomic E-state index is 13.5. The molecule has 2 N–H and O–H groups in total. The summed E-state index contributed by atoms with van der Waals surface area (Å²) in [5.74, 6) is 0.182. The van der Waals surface area contributed by atoms with Crippen LogP contribution in [0.1, 0.15) is 63.0 Å². The number of carbonyl (C=O) groups is 3. The Morgan fingerprint density at radius 1 is 1.12 bits per heavy atom. The van der Waals surface area contributed by atoms with E-state index in [1.54, 1.807) is 31.6 Å². The topological polar surface area (TPSA) is 124 Å². The molecular weight excluding hydrogens is 595 g/mol. The molecule has 0 fully saturated rings. The monoisotopic (exact) mass is 625 g/mol. The van der Waals surface area contributed by atoms with Crippen molar-refractivity contribution in [3.63, 3.8) is 0 Å². The second kappa shape index (κ2) is 13.5. The van der Waals surface area contributed by atoms with E-state index in [0.29, 0.717) is 37.9 Å². The number of fused-ring (bicyclic) bond motifs is 1. The number of ether oxygens (including phenoxy) is 2. The fourth-order valence-electron chi connectivity index (χ4n) is 4.70. The highest BCUT2D eigenvalue weighted by Crippen LogP contribution is 2.39. The highest BCUT2D eigenvalue weighted by molar-refractivity contribution is 8.00. The van der Waals surface area contributed by atoms with Crippen LogP contribution in [-0.2, 0) is 28.9 Å². The van der Waals surface area contributed by atoms with Gasteiger partial charge in [0.05, 0.1) is 41.6 Å². The summed E-state index contributed by atoms with van der Waals surface area (Å²) in [6, 6.07) is 11.0. The summed E-state index contributed by atoms with van der Waals surface area (Å²) in [4.78, 5) is 40.7. The van der Waals surface area contributed by atoms with Crippen LogP contribution < -0.4 is 15.4 Å². The van der Waals surface area contributed by atoms with Crippen molar-refractivity contribution < 1.29 is 23.9 Å². The Morgan fingerprint density at radius 2 is 1.93 bits per heavy atom. The van der Waals surface area contributed by atoms with Crippen molar-refractivity contribution in [3.05, 3.63) is 68.5 Å². The lowest BCUT2D eigenvalue weighted by Crippen LogP contribution is -2.25. The van der Waals surface area contributed by atoms with Crippen LogP contribution in [0.2, 0.25) is 0 Å². The Hall–Kier alpha value is -3.68. The lowest BCUT2D eigenvalue weighted by molar-refractivity contribution is -0.115. The molecule has 3 heterocycles. The minimum atomic E-state index is -0.592. The Labute approximate surface area is 255 Å². The third-order valence-electron chi connectivity index (χ3n) is 6.72. The van der Waals surface area contributed by atoms with Gasteiger partial charge >= 0.3 is 5.97 Å². The first-order valence-corrected chi connectivity index (χ1v) is 16.2. The molecule has 10 nitrogen and oxygen atoms in total. The predicted molar refractivity (Wildman–Crippen MR) is 164 cm³/mol. The summed E-state index contributed by atoms with van der Waals surface area (Å²) >= 11 is 4.03. The van der Waals surface area contributed by atoms with Crippen LogP contribution in [0, 0.1) is 0 Å². The van der Waals surface area contributed by atoms with E-state index in [-0.39, 0.29) is 25.0 Å². The van der Waals surface area contributed by atoms with Crippen LogP contribution in [0.4, 0.5) is 5.00 Å². The van der Waals surface area contributed by atoms with E-state index in [2.05, 4.69) is 20.8 Å². The van der Waals surface area contributed by atoms with Gasteiger partial charge in [-0.15, -0.1) is 32.9 Å². The van der Waals surface area contributed by atoms with Crippen LogP contribution in [0.3, 0.4) is 0 Å². The fraction of sp³-hybridized carbons (Fsp3) is 0.345. The van der Waals surface area contributed by atoms with Gasteiger partial charge in [0.1, 0.15) is 10.8 Å². The number of methoxy groups -OCH3 is 1. The van der Waals surface area contributed by atoms with Crippen molar-refractivity contribution >= 4 is 57.2 Å². The van der Waals surface area contributed by atoms with Gasteiger partial charge in [0.15, 0.2) is 11.0 Å². The normalized spacial score (nSPS) is 13.2. The van der Waals surface area contributed by atoms with E-state index < -0.39 is 11.2 Å². The SMILES string of the molecule is CCOC(=O)c1c(NC(=O)C(C)Sc2nnc(CNC(=O)c3cccs3)n2-c2ccccc2OC)sc2c1CCCC2. The molecule has 220 valence electrons. The summed E-state index contributed by atoms with van der Waals surface area (Å²) in [5, 5.41) is 16.9. The summed E-state index contributed by atoms with van der Waals surface area (Å²) in [5.41, 5.74) is 2.14. The predicted octanol–water partition coefficient (Wildman–Crippen LogP) is 5.50. The van der Waals surface area contributed by atoms with Gasteiger partial charge in [-0.05, 0) is 68.7 Å². The molecule has 1 aliphatic carbocycles. The molecule has 0 bridgehead atoms. The van der Waals surface area contributed by atoms with E-state index in [1.165, 1.54) is 34.4 Å². The number of thioether (sulfide) groups is 1. The van der Waals surface area contributed by atoms with E-state index >= 15 is 0 Å². The zero-order chi connectivity index (χ0) is 29.6. The van der Waals surface area contributed by atoms with Crippen LogP contribution in [-0.4, -0.2) is 51.5 Å². The van der Waals surface area contributed by atoms with E-state index in [9.17, 15) is 14.4 Å². The third kappa shape index (κ3) is 6.37. The highest BCUT2D eigenvalue weighted by Gasteiger charge is 2.29.